The molecule has 0 saturated carbocycles. The number of thiophene rings is 1. The summed E-state index contributed by atoms with van der Waals surface area (Å²) in [7, 11) is 4.64. The minimum Gasteiger partial charge on any atom is -0.493 e. The van der Waals surface area contributed by atoms with E-state index in [4.69, 9.17) is 19.2 Å². The lowest BCUT2D eigenvalue weighted by Crippen LogP contribution is -2.30. The normalized spacial score (nSPS) is 14.9. The third-order valence-electron chi connectivity index (χ3n) is 5.80. The largest absolute Gasteiger partial charge is 0.493 e. The highest BCUT2D eigenvalue weighted by Gasteiger charge is 2.41. The van der Waals surface area contributed by atoms with E-state index in [0.29, 0.717) is 63.1 Å². The maximum Gasteiger partial charge on any atom is 0.262 e. The van der Waals surface area contributed by atoms with Gasteiger partial charge in [-0.15, -0.1) is 11.3 Å². The third kappa shape index (κ3) is 4.10. The van der Waals surface area contributed by atoms with Gasteiger partial charge in [-0.2, -0.15) is 0 Å². The smallest absolute Gasteiger partial charge is 0.262 e. The van der Waals surface area contributed by atoms with Crippen molar-refractivity contribution < 1.29 is 19.0 Å². The average Bonchev–Trinajstić information content (AvgIpc) is 3.19. The summed E-state index contributed by atoms with van der Waals surface area (Å²) in [6, 6.07) is 3.58. The molecule has 7 nitrogen and oxygen atoms in total. The van der Waals surface area contributed by atoms with Crippen LogP contribution in [0.5, 0.6) is 17.2 Å². The summed E-state index contributed by atoms with van der Waals surface area (Å²) in [6.07, 6.45) is 2.93. The number of aryl methyl sites for hydroxylation is 1. The van der Waals surface area contributed by atoms with Crippen molar-refractivity contribution in [3.63, 3.8) is 0 Å². The van der Waals surface area contributed by atoms with Crippen LogP contribution in [-0.2, 0) is 13.0 Å². The number of alkyl halides is 2. The molecule has 1 aliphatic rings. The van der Waals surface area contributed by atoms with Crippen LogP contribution in [0.15, 0.2) is 16.9 Å². The second-order valence-electron chi connectivity index (χ2n) is 7.78. The number of methoxy groups -OCH3 is 3. The minimum absolute atomic E-state index is 0.0689. The van der Waals surface area contributed by atoms with Gasteiger partial charge in [-0.1, -0.05) is 45.2 Å². The molecule has 0 aliphatic heterocycles. The molecule has 0 unspecified atom stereocenters. The van der Waals surface area contributed by atoms with Crippen molar-refractivity contribution in [2.24, 2.45) is 0 Å². The van der Waals surface area contributed by atoms with Crippen molar-refractivity contribution in [1.29, 1.82) is 0 Å². The first kappa shape index (κ1) is 24.2. The summed E-state index contributed by atoms with van der Waals surface area (Å²) in [5, 5.41) is 0.547. The molecule has 1 aliphatic carbocycles. The van der Waals surface area contributed by atoms with E-state index in [0.717, 1.165) is 18.4 Å². The maximum absolute atomic E-state index is 13.8. The molecule has 0 radical (unpaired) electrons. The Kier molecular flexibility index (Phi) is 6.89. The predicted molar refractivity (Wildman–Crippen MR) is 137 cm³/mol. The number of fused-ring (bicyclic) bond motifs is 3. The van der Waals surface area contributed by atoms with Gasteiger partial charge >= 0.3 is 0 Å². The number of aromatic nitrogens is 2. The second-order valence-corrected chi connectivity index (χ2v) is 12.6. The molecule has 2 heterocycles. The van der Waals surface area contributed by atoms with Crippen LogP contribution in [-0.4, -0.2) is 39.9 Å². The monoisotopic (exact) mass is 598 g/mol. The molecule has 0 saturated heterocycles. The molecule has 4 rings (SSSR count). The first-order valence-electron chi connectivity index (χ1n) is 10.6. The highest BCUT2D eigenvalue weighted by molar-refractivity contribution is 9.26. The Bertz CT molecular complexity index is 1270. The van der Waals surface area contributed by atoms with E-state index in [1.54, 1.807) is 38.0 Å². The van der Waals surface area contributed by atoms with Gasteiger partial charge in [0.25, 0.3) is 5.56 Å². The summed E-state index contributed by atoms with van der Waals surface area (Å²) in [6.45, 7) is 2.59. The maximum atomic E-state index is 13.8. The number of carbonyl (C=O) groups excluding carboxylic acids is 1. The Morgan fingerprint density at radius 3 is 2.36 bits per heavy atom. The highest BCUT2D eigenvalue weighted by atomic mass is 79.9. The highest BCUT2D eigenvalue weighted by Crippen LogP contribution is 2.45. The van der Waals surface area contributed by atoms with Crippen molar-refractivity contribution >= 4 is 59.2 Å². The molecule has 2 aromatic heterocycles. The molecule has 176 valence electrons. The number of benzene rings is 1. The van der Waals surface area contributed by atoms with E-state index >= 15 is 0 Å². The molecule has 0 atom stereocenters. The Labute approximate surface area is 212 Å². The van der Waals surface area contributed by atoms with Gasteiger partial charge in [0.05, 0.1) is 31.6 Å². The molecule has 1 aromatic carbocycles. The van der Waals surface area contributed by atoms with Crippen LogP contribution < -0.4 is 19.8 Å². The lowest BCUT2D eigenvalue weighted by molar-refractivity contribution is 0.0977. The third-order valence-corrected chi connectivity index (χ3v) is 8.43. The Balaban J connectivity index is 2.01. The first-order chi connectivity index (χ1) is 15.8. The van der Waals surface area contributed by atoms with Crippen molar-refractivity contribution in [3.8, 4) is 28.6 Å². The number of rotatable bonds is 7. The van der Waals surface area contributed by atoms with Crippen LogP contribution >= 0.6 is 43.2 Å². The van der Waals surface area contributed by atoms with E-state index in [1.807, 2.05) is 0 Å². The van der Waals surface area contributed by atoms with Gasteiger partial charge in [-0.3, -0.25) is 14.2 Å². The zero-order valence-corrected chi connectivity index (χ0v) is 22.8. The molecular weight excluding hydrogens is 576 g/mol. The lowest BCUT2D eigenvalue weighted by Gasteiger charge is -2.23. The fourth-order valence-electron chi connectivity index (χ4n) is 4.08. The molecule has 0 fully saturated rings. The molecule has 0 amide bonds. The fourth-order valence-corrected chi connectivity index (χ4v) is 6.36. The van der Waals surface area contributed by atoms with Crippen molar-refractivity contribution in [2.45, 2.75) is 42.4 Å². The predicted octanol–water partition coefficient (Wildman–Crippen LogP) is 5.57. The lowest BCUT2D eigenvalue weighted by atomic mass is 9.96. The van der Waals surface area contributed by atoms with Crippen LogP contribution in [0.1, 0.15) is 41.4 Å². The zero-order valence-electron chi connectivity index (χ0n) is 18.8. The van der Waals surface area contributed by atoms with Crippen LogP contribution in [0.4, 0.5) is 0 Å². The fraction of sp³-hybridized carbons (Fsp3) is 0.435. The summed E-state index contributed by atoms with van der Waals surface area (Å²) in [4.78, 5) is 32.8. The molecule has 0 bridgehead atoms. The Morgan fingerprint density at radius 1 is 1.12 bits per heavy atom. The quantitative estimate of drug-likeness (QED) is 0.331. The average molecular weight is 600 g/mol. The SMILES string of the molecule is CCCCn1c(-c2cc(OC)c(OC)c(OC)c2)nc2sc3c(c2c1=O)CCC(Br)(Br)C3=O. The van der Waals surface area contributed by atoms with E-state index < -0.39 is 3.23 Å². The Hall–Kier alpha value is -1.91. The number of nitrogens with zero attached hydrogens (tertiary/aromatic N) is 2. The number of unbranched alkanes of at least 4 members (excludes halogenated alkanes) is 1. The van der Waals surface area contributed by atoms with Crippen LogP contribution in [0.3, 0.4) is 0 Å². The molecule has 3 aromatic rings. The van der Waals surface area contributed by atoms with Gasteiger partial charge < -0.3 is 14.2 Å². The summed E-state index contributed by atoms with van der Waals surface area (Å²) >= 11 is 8.23. The second kappa shape index (κ2) is 9.38. The van der Waals surface area contributed by atoms with Crippen LogP contribution in [0.2, 0.25) is 0 Å². The number of carbonyl (C=O) groups is 1. The standard InChI is InChI=1S/C23H24Br2N2O5S/c1-5-6-9-27-20(12-10-14(30-2)17(32-4)15(11-12)31-3)26-21-16(22(27)29)13-7-8-23(24,25)19(28)18(13)33-21/h10-11H,5-9H2,1-4H3. The number of Topliss-reactive ketones (excluding diaryl/α,β-unsaturated/α-hetero) is 1. The van der Waals surface area contributed by atoms with E-state index in [-0.39, 0.29) is 11.3 Å². The van der Waals surface area contributed by atoms with Gasteiger partial charge in [0.15, 0.2) is 17.3 Å². The molecular formula is C23H24Br2N2O5S. The van der Waals surface area contributed by atoms with Gasteiger partial charge in [-0.05, 0) is 37.0 Å². The van der Waals surface area contributed by atoms with Gasteiger partial charge in [0, 0.05) is 12.1 Å². The van der Waals surface area contributed by atoms with Gasteiger partial charge in [0.1, 0.15) is 13.9 Å². The van der Waals surface area contributed by atoms with Crippen LogP contribution in [0, 0.1) is 0 Å². The topological polar surface area (TPSA) is 79.7 Å². The van der Waals surface area contributed by atoms with E-state index in [1.165, 1.54) is 11.3 Å². The number of hydrogen-bond acceptors (Lipinski definition) is 7. The summed E-state index contributed by atoms with van der Waals surface area (Å²) in [5.41, 5.74) is 1.35. The zero-order chi connectivity index (χ0) is 23.9. The molecule has 0 N–H and O–H groups in total. The van der Waals surface area contributed by atoms with Crippen molar-refractivity contribution in [2.75, 3.05) is 21.3 Å². The van der Waals surface area contributed by atoms with Crippen molar-refractivity contribution in [3.05, 3.63) is 32.9 Å². The first-order valence-corrected chi connectivity index (χ1v) is 13.0. The molecule has 10 heteroatoms. The molecule has 0 spiro atoms. The Morgan fingerprint density at radius 2 is 1.79 bits per heavy atom. The van der Waals surface area contributed by atoms with E-state index in [9.17, 15) is 9.59 Å². The van der Waals surface area contributed by atoms with E-state index in [2.05, 4.69) is 38.8 Å². The summed E-state index contributed by atoms with van der Waals surface area (Å²) < 4.78 is 17.4. The summed E-state index contributed by atoms with van der Waals surface area (Å²) in [5.74, 6) is 1.87. The number of ether oxygens (including phenoxy) is 3. The number of halogens is 2. The molecule has 33 heavy (non-hydrogen) atoms. The number of hydrogen-bond donors (Lipinski definition) is 0. The number of ketones is 1. The van der Waals surface area contributed by atoms with Gasteiger partial charge in [-0.25, -0.2) is 4.98 Å². The minimum atomic E-state index is -0.797. The van der Waals surface area contributed by atoms with Crippen LogP contribution in [0.25, 0.3) is 21.6 Å². The van der Waals surface area contributed by atoms with Crippen molar-refractivity contribution in [1.82, 2.24) is 9.55 Å². The van der Waals surface area contributed by atoms with Gasteiger partial charge in [0.2, 0.25) is 5.75 Å².